The van der Waals surface area contributed by atoms with Crippen LogP contribution in [0.25, 0.3) is 0 Å². The topological polar surface area (TPSA) is 61.4 Å². The molecule has 8 heteroatoms. The zero-order chi connectivity index (χ0) is 18.6. The van der Waals surface area contributed by atoms with E-state index >= 15 is 0 Å². The molecular weight excluding hydrogens is 385 g/mol. The maximum atomic E-state index is 12.1. The van der Waals surface area contributed by atoms with E-state index in [0.717, 1.165) is 0 Å². The van der Waals surface area contributed by atoms with Crippen LogP contribution in [0.2, 0.25) is 15.1 Å². The SMILES string of the molecule is CN(C)C(=O)c1cccc(NC(=O)CNc2cc(Cl)c(Cl)cc2Cl)c1. The van der Waals surface area contributed by atoms with E-state index in [1.807, 2.05) is 0 Å². The van der Waals surface area contributed by atoms with Gasteiger partial charge < -0.3 is 15.5 Å². The van der Waals surface area contributed by atoms with Crippen LogP contribution in [-0.4, -0.2) is 37.4 Å². The number of hydrogen-bond donors (Lipinski definition) is 2. The van der Waals surface area contributed by atoms with Crippen molar-refractivity contribution in [3.63, 3.8) is 0 Å². The van der Waals surface area contributed by atoms with Crippen molar-refractivity contribution in [3.05, 3.63) is 57.0 Å². The molecule has 0 radical (unpaired) electrons. The summed E-state index contributed by atoms with van der Waals surface area (Å²) in [6, 6.07) is 9.77. The first-order valence-electron chi connectivity index (χ1n) is 7.28. The van der Waals surface area contributed by atoms with E-state index in [1.165, 1.54) is 11.0 Å². The van der Waals surface area contributed by atoms with Gasteiger partial charge in [-0.25, -0.2) is 0 Å². The highest BCUT2D eigenvalue weighted by molar-refractivity contribution is 6.44. The Morgan fingerprint density at radius 2 is 1.68 bits per heavy atom. The van der Waals surface area contributed by atoms with E-state index in [2.05, 4.69) is 10.6 Å². The van der Waals surface area contributed by atoms with E-state index in [9.17, 15) is 9.59 Å². The van der Waals surface area contributed by atoms with Gasteiger partial charge in [0, 0.05) is 25.3 Å². The smallest absolute Gasteiger partial charge is 0.253 e. The number of carbonyl (C=O) groups excluding carboxylic acids is 2. The fourth-order valence-corrected chi connectivity index (χ4v) is 2.64. The second kappa shape index (κ2) is 8.43. The van der Waals surface area contributed by atoms with Gasteiger partial charge in [0.25, 0.3) is 5.91 Å². The highest BCUT2D eigenvalue weighted by Gasteiger charge is 2.11. The first-order valence-corrected chi connectivity index (χ1v) is 8.41. The fraction of sp³-hybridized carbons (Fsp3) is 0.176. The summed E-state index contributed by atoms with van der Waals surface area (Å²) in [6.45, 7) is -0.0243. The Labute approximate surface area is 160 Å². The third-order valence-electron chi connectivity index (χ3n) is 3.25. The van der Waals surface area contributed by atoms with Gasteiger partial charge in [-0.1, -0.05) is 40.9 Å². The summed E-state index contributed by atoms with van der Waals surface area (Å²) in [6.07, 6.45) is 0. The van der Waals surface area contributed by atoms with E-state index in [4.69, 9.17) is 34.8 Å². The molecule has 2 N–H and O–H groups in total. The van der Waals surface area contributed by atoms with Crippen LogP contribution in [0.15, 0.2) is 36.4 Å². The fourth-order valence-electron chi connectivity index (χ4n) is 2.03. The van der Waals surface area contributed by atoms with Crippen LogP contribution in [0.3, 0.4) is 0 Å². The van der Waals surface area contributed by atoms with Crippen LogP contribution in [0.4, 0.5) is 11.4 Å². The molecule has 0 bridgehead atoms. The second-order valence-electron chi connectivity index (χ2n) is 5.43. The number of amides is 2. The molecule has 2 aromatic carbocycles. The van der Waals surface area contributed by atoms with E-state index < -0.39 is 0 Å². The number of rotatable bonds is 5. The van der Waals surface area contributed by atoms with Crippen molar-refractivity contribution in [3.8, 4) is 0 Å². The van der Waals surface area contributed by atoms with Gasteiger partial charge in [0.2, 0.25) is 5.91 Å². The minimum absolute atomic E-state index is 0.0243. The Balaban J connectivity index is 2.00. The molecule has 0 aromatic heterocycles. The Morgan fingerprint density at radius 1 is 1.00 bits per heavy atom. The lowest BCUT2D eigenvalue weighted by Gasteiger charge is -2.12. The maximum Gasteiger partial charge on any atom is 0.253 e. The Hall–Kier alpha value is -1.95. The van der Waals surface area contributed by atoms with Gasteiger partial charge in [-0.3, -0.25) is 9.59 Å². The van der Waals surface area contributed by atoms with Crippen molar-refractivity contribution >= 4 is 58.0 Å². The van der Waals surface area contributed by atoms with Gasteiger partial charge >= 0.3 is 0 Å². The van der Waals surface area contributed by atoms with E-state index in [-0.39, 0.29) is 18.4 Å². The predicted octanol–water partition coefficient (Wildman–Crippen LogP) is 4.40. The van der Waals surface area contributed by atoms with E-state index in [0.29, 0.717) is 32.0 Å². The molecule has 2 amide bonds. The summed E-state index contributed by atoms with van der Waals surface area (Å²) in [5.41, 5.74) is 1.52. The Morgan fingerprint density at radius 3 is 2.36 bits per heavy atom. The van der Waals surface area contributed by atoms with Crippen LogP contribution < -0.4 is 10.6 Å². The lowest BCUT2D eigenvalue weighted by molar-refractivity contribution is -0.114. The zero-order valence-electron chi connectivity index (χ0n) is 13.6. The second-order valence-corrected chi connectivity index (χ2v) is 6.65. The number of hydrogen-bond acceptors (Lipinski definition) is 3. The quantitative estimate of drug-likeness (QED) is 0.731. The predicted molar refractivity (Wildman–Crippen MR) is 103 cm³/mol. The number of carbonyl (C=O) groups is 2. The van der Waals surface area contributed by atoms with Crippen LogP contribution in [0.1, 0.15) is 10.4 Å². The molecule has 0 aliphatic heterocycles. The summed E-state index contributed by atoms with van der Waals surface area (Å²) in [4.78, 5) is 25.5. The number of anilines is 2. The molecule has 0 spiro atoms. The third kappa shape index (κ3) is 5.26. The average Bonchev–Trinajstić information content (AvgIpc) is 2.56. The summed E-state index contributed by atoms with van der Waals surface area (Å²) < 4.78 is 0. The van der Waals surface area contributed by atoms with Crippen molar-refractivity contribution in [2.24, 2.45) is 0 Å². The minimum atomic E-state index is -0.295. The number of nitrogens with zero attached hydrogens (tertiary/aromatic N) is 1. The van der Waals surface area contributed by atoms with Crippen molar-refractivity contribution in [2.45, 2.75) is 0 Å². The van der Waals surface area contributed by atoms with Gasteiger partial charge in [-0.15, -0.1) is 0 Å². The summed E-state index contributed by atoms with van der Waals surface area (Å²) in [7, 11) is 3.33. The molecule has 0 aliphatic rings. The Kier molecular flexibility index (Phi) is 6.53. The number of benzene rings is 2. The van der Waals surface area contributed by atoms with Gasteiger partial charge in [-0.05, 0) is 30.3 Å². The van der Waals surface area contributed by atoms with Gasteiger partial charge in [-0.2, -0.15) is 0 Å². The van der Waals surface area contributed by atoms with Crippen molar-refractivity contribution in [1.82, 2.24) is 4.90 Å². The maximum absolute atomic E-state index is 12.1. The molecule has 0 atom stereocenters. The highest BCUT2D eigenvalue weighted by Crippen LogP contribution is 2.32. The summed E-state index contributed by atoms with van der Waals surface area (Å²) >= 11 is 17.9. The Bertz CT molecular complexity index is 810. The van der Waals surface area contributed by atoms with Gasteiger partial charge in [0.15, 0.2) is 0 Å². The van der Waals surface area contributed by atoms with Gasteiger partial charge in [0.05, 0.1) is 27.3 Å². The van der Waals surface area contributed by atoms with Crippen LogP contribution in [0.5, 0.6) is 0 Å². The molecule has 0 aliphatic carbocycles. The molecule has 5 nitrogen and oxygen atoms in total. The number of nitrogens with one attached hydrogen (secondary N) is 2. The average molecular weight is 401 g/mol. The highest BCUT2D eigenvalue weighted by atomic mass is 35.5. The molecule has 0 saturated heterocycles. The normalized spacial score (nSPS) is 10.3. The molecule has 2 aromatic rings. The van der Waals surface area contributed by atoms with Crippen molar-refractivity contribution in [1.29, 1.82) is 0 Å². The number of halogens is 3. The molecule has 0 saturated carbocycles. The molecule has 25 heavy (non-hydrogen) atoms. The third-order valence-corrected chi connectivity index (χ3v) is 4.28. The lowest BCUT2D eigenvalue weighted by Crippen LogP contribution is -2.23. The zero-order valence-corrected chi connectivity index (χ0v) is 15.8. The first kappa shape index (κ1) is 19.4. The monoisotopic (exact) mass is 399 g/mol. The largest absolute Gasteiger partial charge is 0.375 e. The molecular formula is C17H16Cl3N3O2. The van der Waals surface area contributed by atoms with Crippen molar-refractivity contribution < 1.29 is 9.59 Å². The van der Waals surface area contributed by atoms with E-state index in [1.54, 1.807) is 44.4 Å². The summed E-state index contributed by atoms with van der Waals surface area (Å²) in [5, 5.41) is 6.65. The lowest BCUT2D eigenvalue weighted by atomic mass is 10.2. The molecule has 132 valence electrons. The van der Waals surface area contributed by atoms with Crippen LogP contribution in [-0.2, 0) is 4.79 Å². The molecule has 0 unspecified atom stereocenters. The van der Waals surface area contributed by atoms with Crippen LogP contribution >= 0.6 is 34.8 Å². The molecule has 0 fully saturated rings. The minimum Gasteiger partial charge on any atom is -0.375 e. The van der Waals surface area contributed by atoms with Crippen molar-refractivity contribution in [2.75, 3.05) is 31.3 Å². The molecule has 2 rings (SSSR count). The standard InChI is InChI=1S/C17H16Cl3N3O2/c1-23(2)17(25)10-4-3-5-11(6-10)22-16(24)9-21-15-8-13(19)12(18)7-14(15)20/h3-8,21H,9H2,1-2H3,(H,22,24). The first-order chi connectivity index (χ1) is 11.8. The molecule has 0 heterocycles. The summed E-state index contributed by atoms with van der Waals surface area (Å²) in [5.74, 6) is -0.437. The van der Waals surface area contributed by atoms with Crippen LogP contribution in [0, 0.1) is 0 Å². The van der Waals surface area contributed by atoms with Gasteiger partial charge in [0.1, 0.15) is 0 Å².